The minimum atomic E-state index is 0.437. The maximum Gasteiger partial charge on any atom is 0.225 e. The molecule has 1 heterocycles. The van der Waals surface area contributed by atoms with E-state index < -0.39 is 0 Å². The molecule has 0 radical (unpaired) electrons. The maximum absolute atomic E-state index is 5.82. The van der Waals surface area contributed by atoms with E-state index in [0.717, 1.165) is 73.3 Å². The molecule has 1 fully saturated rings. The highest BCUT2D eigenvalue weighted by Crippen LogP contribution is 2.28. The van der Waals surface area contributed by atoms with Gasteiger partial charge in [0.05, 0.1) is 12.1 Å². The predicted molar refractivity (Wildman–Crippen MR) is 146 cm³/mol. The first-order valence-electron chi connectivity index (χ1n) is 13.3. The lowest BCUT2D eigenvalue weighted by Gasteiger charge is -2.29. The van der Waals surface area contributed by atoms with Crippen LogP contribution in [0, 0.1) is 5.92 Å². The molecular formula is C29H41N5O. The van der Waals surface area contributed by atoms with E-state index in [4.69, 9.17) is 14.7 Å². The highest BCUT2D eigenvalue weighted by atomic mass is 16.5. The summed E-state index contributed by atoms with van der Waals surface area (Å²) in [5.74, 6) is 3.41. The van der Waals surface area contributed by atoms with Crippen molar-refractivity contribution in [3.63, 3.8) is 0 Å². The van der Waals surface area contributed by atoms with Crippen LogP contribution in [0.15, 0.2) is 48.5 Å². The van der Waals surface area contributed by atoms with Crippen molar-refractivity contribution in [1.29, 1.82) is 0 Å². The molecule has 3 aromatic rings. The van der Waals surface area contributed by atoms with Crippen LogP contribution in [0.2, 0.25) is 0 Å². The van der Waals surface area contributed by atoms with Gasteiger partial charge in [-0.3, -0.25) is 0 Å². The van der Waals surface area contributed by atoms with Crippen LogP contribution in [-0.2, 0) is 6.54 Å². The fourth-order valence-corrected chi connectivity index (χ4v) is 4.83. The summed E-state index contributed by atoms with van der Waals surface area (Å²) in [6.07, 6.45) is 8.35. The number of aromatic nitrogens is 2. The molecule has 1 saturated carbocycles. The van der Waals surface area contributed by atoms with Gasteiger partial charge in [0.15, 0.2) is 0 Å². The summed E-state index contributed by atoms with van der Waals surface area (Å²) < 4.78 is 5.82. The summed E-state index contributed by atoms with van der Waals surface area (Å²) >= 11 is 0. The monoisotopic (exact) mass is 475 g/mol. The zero-order valence-corrected chi connectivity index (χ0v) is 21.6. The zero-order chi connectivity index (χ0) is 24.5. The first kappa shape index (κ1) is 25.2. The first-order chi connectivity index (χ1) is 17.1. The number of nitrogens with zero attached hydrogens (tertiary/aromatic N) is 3. The van der Waals surface area contributed by atoms with Gasteiger partial charge in [-0.2, -0.15) is 4.98 Å². The Morgan fingerprint density at radius 2 is 1.71 bits per heavy atom. The molecule has 35 heavy (non-hydrogen) atoms. The molecule has 1 aliphatic rings. The van der Waals surface area contributed by atoms with Crippen LogP contribution in [0.4, 0.5) is 11.8 Å². The van der Waals surface area contributed by atoms with Crippen LogP contribution in [0.3, 0.4) is 0 Å². The molecule has 0 saturated heterocycles. The minimum Gasteiger partial charge on any atom is -0.494 e. The first-order valence-corrected chi connectivity index (χ1v) is 13.3. The number of hydrogen-bond donors (Lipinski definition) is 2. The van der Waals surface area contributed by atoms with Gasteiger partial charge >= 0.3 is 0 Å². The number of rotatable bonds is 12. The summed E-state index contributed by atoms with van der Waals surface area (Å²) in [5.41, 5.74) is 2.30. The highest BCUT2D eigenvalue weighted by molar-refractivity contribution is 5.90. The zero-order valence-electron chi connectivity index (χ0n) is 21.6. The van der Waals surface area contributed by atoms with Crippen LogP contribution in [0.1, 0.15) is 57.4 Å². The van der Waals surface area contributed by atoms with Crippen molar-refractivity contribution in [3.8, 4) is 5.75 Å². The van der Waals surface area contributed by atoms with Gasteiger partial charge in [-0.1, -0.05) is 44.0 Å². The molecule has 2 aromatic carbocycles. The van der Waals surface area contributed by atoms with E-state index in [2.05, 4.69) is 58.9 Å². The molecule has 0 bridgehead atoms. The smallest absolute Gasteiger partial charge is 0.225 e. The molecule has 0 aliphatic heterocycles. The standard InChI is InChI=1S/C29H41N5O/c1-4-5-8-19-35-25-17-13-23(14-18-25)21-30-20-22-11-15-24(16-12-22)31-29-32-27-10-7-6-9-26(27)28(33-29)34(2)3/h6-7,9-10,13-14,17-18,22,24,30H,4-5,8,11-12,15-16,19-21H2,1-3H3,(H,31,32,33). The van der Waals surface area contributed by atoms with E-state index in [1.54, 1.807) is 0 Å². The average Bonchev–Trinajstić information content (AvgIpc) is 2.88. The predicted octanol–water partition coefficient (Wildman–Crippen LogP) is 6.03. The molecule has 188 valence electrons. The van der Waals surface area contributed by atoms with E-state index in [0.29, 0.717) is 6.04 Å². The summed E-state index contributed by atoms with van der Waals surface area (Å²) in [6.45, 7) is 5.00. The van der Waals surface area contributed by atoms with Crippen molar-refractivity contribution in [2.45, 2.75) is 64.5 Å². The quantitative estimate of drug-likeness (QED) is 0.312. The molecule has 0 spiro atoms. The molecule has 0 amide bonds. The van der Waals surface area contributed by atoms with Crippen molar-refractivity contribution in [1.82, 2.24) is 15.3 Å². The van der Waals surface area contributed by atoms with Crippen molar-refractivity contribution in [2.24, 2.45) is 5.92 Å². The van der Waals surface area contributed by atoms with Crippen molar-refractivity contribution in [3.05, 3.63) is 54.1 Å². The number of nitrogens with one attached hydrogen (secondary N) is 2. The second-order valence-electron chi connectivity index (χ2n) is 9.97. The topological polar surface area (TPSA) is 62.3 Å². The van der Waals surface area contributed by atoms with Gasteiger partial charge in [0.1, 0.15) is 11.6 Å². The molecule has 2 N–H and O–H groups in total. The van der Waals surface area contributed by atoms with Crippen molar-refractivity contribution in [2.75, 3.05) is 37.5 Å². The number of unbranched alkanes of at least 4 members (excludes halogenated alkanes) is 2. The van der Waals surface area contributed by atoms with Crippen LogP contribution < -0.4 is 20.3 Å². The number of fused-ring (bicyclic) bond motifs is 1. The average molecular weight is 476 g/mol. The number of benzene rings is 2. The SMILES string of the molecule is CCCCCOc1ccc(CNCC2CCC(Nc3nc(N(C)C)c4ccccc4n3)CC2)cc1. The van der Waals surface area contributed by atoms with Crippen LogP contribution in [0.5, 0.6) is 5.75 Å². The highest BCUT2D eigenvalue weighted by Gasteiger charge is 2.22. The lowest BCUT2D eigenvalue weighted by Crippen LogP contribution is -2.31. The van der Waals surface area contributed by atoms with Gasteiger partial charge in [0.25, 0.3) is 0 Å². The molecule has 6 nitrogen and oxygen atoms in total. The maximum atomic E-state index is 5.82. The number of para-hydroxylation sites is 1. The second kappa shape index (κ2) is 12.7. The summed E-state index contributed by atoms with van der Waals surface area (Å²) in [5, 5.41) is 8.37. The number of anilines is 2. The van der Waals surface area contributed by atoms with E-state index in [-0.39, 0.29) is 0 Å². The molecule has 0 unspecified atom stereocenters. The lowest BCUT2D eigenvalue weighted by molar-refractivity contribution is 0.306. The van der Waals surface area contributed by atoms with Gasteiger partial charge in [0, 0.05) is 32.1 Å². The molecule has 0 atom stereocenters. The van der Waals surface area contributed by atoms with Gasteiger partial charge in [-0.15, -0.1) is 0 Å². The summed E-state index contributed by atoms with van der Waals surface area (Å²) in [7, 11) is 4.07. The lowest BCUT2D eigenvalue weighted by atomic mass is 9.86. The van der Waals surface area contributed by atoms with E-state index in [1.165, 1.54) is 31.2 Å². The van der Waals surface area contributed by atoms with E-state index in [1.807, 2.05) is 26.2 Å². The van der Waals surface area contributed by atoms with E-state index in [9.17, 15) is 0 Å². The Bertz CT molecular complexity index is 1040. The number of ether oxygens (including phenoxy) is 1. The Morgan fingerprint density at radius 1 is 0.943 bits per heavy atom. The van der Waals surface area contributed by atoms with Crippen LogP contribution in [-0.4, -0.2) is 43.3 Å². The molecule has 4 rings (SSSR count). The third kappa shape index (κ3) is 7.31. The normalized spacial score (nSPS) is 17.9. The number of hydrogen-bond acceptors (Lipinski definition) is 6. The van der Waals surface area contributed by atoms with Crippen LogP contribution >= 0.6 is 0 Å². The second-order valence-corrected chi connectivity index (χ2v) is 9.97. The Morgan fingerprint density at radius 3 is 2.46 bits per heavy atom. The van der Waals surface area contributed by atoms with Gasteiger partial charge in [-0.25, -0.2) is 4.98 Å². The van der Waals surface area contributed by atoms with Crippen molar-refractivity contribution >= 4 is 22.7 Å². The Kier molecular flexibility index (Phi) is 9.18. The fraction of sp³-hybridized carbons (Fsp3) is 0.517. The third-order valence-corrected chi connectivity index (χ3v) is 6.89. The molecular weight excluding hydrogens is 434 g/mol. The van der Waals surface area contributed by atoms with Crippen molar-refractivity contribution < 1.29 is 4.74 Å². The molecule has 1 aromatic heterocycles. The Hall–Kier alpha value is -2.86. The van der Waals surface area contributed by atoms with Gasteiger partial charge < -0.3 is 20.3 Å². The Balaban J connectivity index is 1.19. The third-order valence-electron chi connectivity index (χ3n) is 6.89. The van der Waals surface area contributed by atoms with Gasteiger partial charge in [0.2, 0.25) is 5.95 Å². The summed E-state index contributed by atoms with van der Waals surface area (Å²) in [4.78, 5) is 11.6. The minimum absolute atomic E-state index is 0.437. The van der Waals surface area contributed by atoms with E-state index >= 15 is 0 Å². The Labute approximate surface area is 210 Å². The van der Waals surface area contributed by atoms with Gasteiger partial charge in [-0.05, 0) is 74.4 Å². The van der Waals surface area contributed by atoms with Crippen LogP contribution in [0.25, 0.3) is 10.9 Å². The molecule has 6 heteroatoms. The molecule has 1 aliphatic carbocycles. The summed E-state index contributed by atoms with van der Waals surface area (Å²) in [6, 6.07) is 17.2. The largest absolute Gasteiger partial charge is 0.494 e. The fourth-order valence-electron chi connectivity index (χ4n) is 4.83.